The smallest absolute Gasteiger partial charge is 0.102 e. The number of hydrogen-bond acceptors (Lipinski definition) is 4. The summed E-state index contributed by atoms with van der Waals surface area (Å²) in [5, 5.41) is 17.7. The van der Waals surface area contributed by atoms with Crippen molar-refractivity contribution in [1.29, 1.82) is 0 Å². The highest BCUT2D eigenvalue weighted by Gasteiger charge is 2.20. The first-order chi connectivity index (χ1) is 14.2. The number of aliphatic hydroxyl groups excluding tert-OH is 2. The van der Waals surface area contributed by atoms with Gasteiger partial charge in [0.25, 0.3) is 0 Å². The monoisotopic (exact) mass is 418 g/mol. The molecule has 0 fully saturated rings. The SMILES string of the molecule is CCCCCCCCCCCCCCC[N+](C)(CCOCCO)CCOCCO. The molecule has 2 N–H and O–H groups in total. The average Bonchev–Trinajstić information content (AvgIpc) is 2.72. The van der Waals surface area contributed by atoms with Crippen molar-refractivity contribution in [2.45, 2.75) is 90.4 Å². The van der Waals surface area contributed by atoms with E-state index in [2.05, 4.69) is 14.0 Å². The molecule has 0 aromatic carbocycles. The molecule has 0 aromatic rings. The van der Waals surface area contributed by atoms with Gasteiger partial charge >= 0.3 is 0 Å². The molecular weight excluding hydrogens is 366 g/mol. The molecule has 0 radical (unpaired) electrons. The summed E-state index contributed by atoms with van der Waals surface area (Å²) in [4.78, 5) is 0. The molecule has 29 heavy (non-hydrogen) atoms. The van der Waals surface area contributed by atoms with Crippen molar-refractivity contribution in [1.82, 2.24) is 0 Å². The van der Waals surface area contributed by atoms with Gasteiger partial charge in [-0.1, -0.05) is 77.6 Å². The quantitative estimate of drug-likeness (QED) is 0.178. The van der Waals surface area contributed by atoms with E-state index in [-0.39, 0.29) is 13.2 Å². The van der Waals surface area contributed by atoms with Gasteiger partial charge in [-0.3, -0.25) is 0 Å². The Morgan fingerprint density at radius 1 is 0.517 bits per heavy atom. The van der Waals surface area contributed by atoms with Gasteiger partial charge in [0.15, 0.2) is 0 Å². The topological polar surface area (TPSA) is 58.9 Å². The first kappa shape index (κ1) is 28.8. The van der Waals surface area contributed by atoms with Crippen LogP contribution in [-0.2, 0) is 9.47 Å². The molecule has 0 aromatic heterocycles. The van der Waals surface area contributed by atoms with E-state index in [1.54, 1.807) is 0 Å². The number of unbranched alkanes of at least 4 members (excludes halogenated alkanes) is 12. The molecule has 176 valence electrons. The normalized spacial score (nSPS) is 12.0. The van der Waals surface area contributed by atoms with Gasteiger partial charge in [-0.2, -0.15) is 0 Å². The lowest BCUT2D eigenvalue weighted by atomic mass is 10.0. The predicted octanol–water partition coefficient (Wildman–Crippen LogP) is 4.54. The number of likely N-dealkylation sites (N-methyl/N-ethyl adjacent to an activating group) is 1. The van der Waals surface area contributed by atoms with Crippen molar-refractivity contribution >= 4 is 0 Å². The third-order valence-corrected chi connectivity index (χ3v) is 5.82. The molecule has 0 aliphatic heterocycles. The molecule has 0 bridgehead atoms. The van der Waals surface area contributed by atoms with Crippen LogP contribution in [0.3, 0.4) is 0 Å². The summed E-state index contributed by atoms with van der Waals surface area (Å²) >= 11 is 0. The molecule has 0 spiro atoms. The standard InChI is InChI=1S/C24H52NO4/c1-3-4-5-6-7-8-9-10-11-12-13-14-15-16-25(2,17-21-28-23-19-26)18-22-29-24-20-27/h26-27H,3-24H2,1-2H3/q+1. The Balaban J connectivity index is 3.71. The van der Waals surface area contributed by atoms with Gasteiger partial charge in [-0.25, -0.2) is 0 Å². The number of hydrogen-bond donors (Lipinski definition) is 2. The van der Waals surface area contributed by atoms with E-state index in [9.17, 15) is 0 Å². The molecule has 5 nitrogen and oxygen atoms in total. The van der Waals surface area contributed by atoms with Crippen molar-refractivity contribution in [2.24, 2.45) is 0 Å². The second kappa shape index (κ2) is 22.5. The molecule has 0 atom stereocenters. The van der Waals surface area contributed by atoms with E-state index in [0.29, 0.717) is 26.4 Å². The van der Waals surface area contributed by atoms with Crippen LogP contribution in [0.15, 0.2) is 0 Å². The number of ether oxygens (including phenoxy) is 2. The lowest BCUT2D eigenvalue weighted by Gasteiger charge is -2.34. The van der Waals surface area contributed by atoms with Gasteiger partial charge in [0.05, 0.1) is 53.2 Å². The Bertz CT molecular complexity index is 303. The maximum absolute atomic E-state index is 8.86. The van der Waals surface area contributed by atoms with E-state index >= 15 is 0 Å². The van der Waals surface area contributed by atoms with Gasteiger partial charge in [0, 0.05) is 0 Å². The summed E-state index contributed by atoms with van der Waals surface area (Å²) in [6, 6.07) is 0. The van der Waals surface area contributed by atoms with E-state index in [1.165, 1.54) is 83.5 Å². The predicted molar refractivity (Wildman–Crippen MR) is 122 cm³/mol. The zero-order valence-electron chi connectivity index (χ0n) is 19.7. The Morgan fingerprint density at radius 3 is 1.28 bits per heavy atom. The minimum atomic E-state index is 0.0855. The zero-order chi connectivity index (χ0) is 21.5. The molecule has 0 aliphatic carbocycles. The first-order valence-corrected chi connectivity index (χ1v) is 12.4. The van der Waals surface area contributed by atoms with Crippen LogP contribution in [-0.4, -0.2) is 81.0 Å². The second-order valence-electron chi connectivity index (χ2n) is 8.70. The van der Waals surface area contributed by atoms with Crippen LogP contribution in [0, 0.1) is 0 Å². The summed E-state index contributed by atoms with van der Waals surface area (Å²) in [6.07, 6.45) is 18.0. The highest BCUT2D eigenvalue weighted by atomic mass is 16.5. The lowest BCUT2D eigenvalue weighted by Crippen LogP contribution is -2.49. The Morgan fingerprint density at radius 2 is 0.897 bits per heavy atom. The summed E-state index contributed by atoms with van der Waals surface area (Å²) in [5.41, 5.74) is 0. The van der Waals surface area contributed by atoms with Crippen LogP contribution in [0.4, 0.5) is 0 Å². The van der Waals surface area contributed by atoms with Crippen LogP contribution in [0.5, 0.6) is 0 Å². The molecule has 0 saturated heterocycles. The van der Waals surface area contributed by atoms with E-state index in [0.717, 1.165) is 24.1 Å². The third-order valence-electron chi connectivity index (χ3n) is 5.82. The summed E-state index contributed by atoms with van der Waals surface area (Å²) in [6.45, 7) is 7.67. The Hall–Kier alpha value is -0.200. The molecule has 0 unspecified atom stereocenters. The van der Waals surface area contributed by atoms with Crippen LogP contribution >= 0.6 is 0 Å². The number of rotatable bonds is 24. The van der Waals surface area contributed by atoms with Gasteiger partial charge in [-0.15, -0.1) is 0 Å². The summed E-state index contributed by atoms with van der Waals surface area (Å²) in [7, 11) is 2.27. The van der Waals surface area contributed by atoms with Crippen molar-refractivity contribution < 1.29 is 24.2 Å². The Kier molecular flexibility index (Phi) is 22.3. The number of aliphatic hydroxyl groups is 2. The highest BCUT2D eigenvalue weighted by Crippen LogP contribution is 2.13. The van der Waals surface area contributed by atoms with Gasteiger partial charge in [0.2, 0.25) is 0 Å². The third kappa shape index (κ3) is 20.8. The fourth-order valence-corrected chi connectivity index (χ4v) is 3.75. The lowest BCUT2D eigenvalue weighted by molar-refractivity contribution is -0.910. The highest BCUT2D eigenvalue weighted by molar-refractivity contribution is 4.50. The van der Waals surface area contributed by atoms with E-state index in [4.69, 9.17) is 19.7 Å². The number of quaternary nitrogens is 1. The molecule has 0 amide bonds. The van der Waals surface area contributed by atoms with Crippen LogP contribution in [0.25, 0.3) is 0 Å². The van der Waals surface area contributed by atoms with Crippen LogP contribution in [0.2, 0.25) is 0 Å². The zero-order valence-corrected chi connectivity index (χ0v) is 19.7. The summed E-state index contributed by atoms with van der Waals surface area (Å²) in [5.74, 6) is 0. The maximum atomic E-state index is 8.86. The summed E-state index contributed by atoms with van der Waals surface area (Å²) < 4.78 is 11.9. The van der Waals surface area contributed by atoms with Crippen LogP contribution in [0.1, 0.15) is 90.4 Å². The van der Waals surface area contributed by atoms with Crippen molar-refractivity contribution in [2.75, 3.05) is 66.3 Å². The molecule has 0 saturated carbocycles. The maximum Gasteiger partial charge on any atom is 0.102 e. The van der Waals surface area contributed by atoms with Gasteiger partial charge < -0.3 is 24.2 Å². The van der Waals surface area contributed by atoms with Crippen molar-refractivity contribution in [3.8, 4) is 0 Å². The minimum Gasteiger partial charge on any atom is -0.394 e. The number of nitrogens with zero attached hydrogens (tertiary/aromatic N) is 1. The van der Waals surface area contributed by atoms with E-state index in [1.807, 2.05) is 0 Å². The van der Waals surface area contributed by atoms with Crippen molar-refractivity contribution in [3.05, 3.63) is 0 Å². The molecule has 0 aliphatic rings. The molecular formula is C24H52NO4+. The molecule has 0 heterocycles. The average molecular weight is 419 g/mol. The Labute approximate surface area is 181 Å². The van der Waals surface area contributed by atoms with Crippen molar-refractivity contribution in [3.63, 3.8) is 0 Å². The minimum absolute atomic E-state index is 0.0855. The molecule has 0 rings (SSSR count). The van der Waals surface area contributed by atoms with E-state index < -0.39 is 0 Å². The largest absolute Gasteiger partial charge is 0.394 e. The first-order valence-electron chi connectivity index (χ1n) is 12.4. The van der Waals surface area contributed by atoms with Crippen LogP contribution < -0.4 is 0 Å². The van der Waals surface area contributed by atoms with Gasteiger partial charge in [-0.05, 0) is 12.8 Å². The second-order valence-corrected chi connectivity index (χ2v) is 8.70. The molecule has 5 heteroatoms. The van der Waals surface area contributed by atoms with Gasteiger partial charge in [0.1, 0.15) is 13.1 Å². The fraction of sp³-hybridized carbons (Fsp3) is 1.00. The fourth-order valence-electron chi connectivity index (χ4n) is 3.75.